The van der Waals surface area contributed by atoms with Crippen molar-refractivity contribution in [3.8, 4) is 0 Å². The Kier molecular flexibility index (Phi) is 35.7. The molecular weight excluding hydrogens is 544 g/mol. The molecule has 4 nitrogen and oxygen atoms in total. The Morgan fingerprint density at radius 3 is 1.57 bits per heavy atom. The number of carbonyl (C=O) groups is 1. The summed E-state index contributed by atoms with van der Waals surface area (Å²) >= 11 is 0. The number of rotatable bonds is 33. The van der Waals surface area contributed by atoms with Crippen molar-refractivity contribution < 1.29 is 19.4 Å². The summed E-state index contributed by atoms with van der Waals surface area (Å²) in [7, 11) is 0. The molecular formula is C40H70O4. The van der Waals surface area contributed by atoms with Gasteiger partial charge in [-0.25, -0.2) is 0 Å². The molecule has 0 fully saturated rings. The Morgan fingerprint density at radius 2 is 1.02 bits per heavy atom. The highest BCUT2D eigenvalue weighted by Gasteiger charge is 2.13. The van der Waals surface area contributed by atoms with Crippen LogP contribution in [0.5, 0.6) is 0 Å². The second kappa shape index (κ2) is 37.3. The minimum atomic E-state index is -0.545. The Bertz CT molecular complexity index is 734. The molecule has 0 heterocycles. The van der Waals surface area contributed by atoms with Crippen molar-refractivity contribution in [3.63, 3.8) is 0 Å². The van der Waals surface area contributed by atoms with E-state index in [1.54, 1.807) is 0 Å². The molecule has 1 unspecified atom stereocenters. The topological polar surface area (TPSA) is 55.8 Å². The van der Waals surface area contributed by atoms with E-state index in [0.717, 1.165) is 57.8 Å². The molecule has 0 aliphatic rings. The minimum Gasteiger partial charge on any atom is -0.457 e. The first-order valence-electron chi connectivity index (χ1n) is 18.4. The van der Waals surface area contributed by atoms with Crippen LogP contribution < -0.4 is 0 Å². The summed E-state index contributed by atoms with van der Waals surface area (Å²) in [6.45, 7) is 5.17. The molecule has 4 heteroatoms. The Labute approximate surface area is 273 Å². The number of hydrogen-bond acceptors (Lipinski definition) is 4. The summed E-state index contributed by atoms with van der Waals surface area (Å²) in [6.07, 6.45) is 48.3. The van der Waals surface area contributed by atoms with E-state index in [1.807, 2.05) is 0 Å². The zero-order chi connectivity index (χ0) is 32.0. The molecule has 44 heavy (non-hydrogen) atoms. The van der Waals surface area contributed by atoms with Gasteiger partial charge in [-0.1, -0.05) is 139 Å². The van der Waals surface area contributed by atoms with Crippen LogP contribution in [0.2, 0.25) is 0 Å². The van der Waals surface area contributed by atoms with E-state index in [4.69, 9.17) is 9.47 Å². The van der Waals surface area contributed by atoms with Crippen LogP contribution in [0.1, 0.15) is 162 Å². The fourth-order valence-corrected chi connectivity index (χ4v) is 4.84. The number of allylic oxidation sites excluding steroid dienone is 10. The highest BCUT2D eigenvalue weighted by atomic mass is 16.6. The second-order valence-corrected chi connectivity index (χ2v) is 11.9. The lowest BCUT2D eigenvalue weighted by Gasteiger charge is -2.15. The van der Waals surface area contributed by atoms with Gasteiger partial charge in [-0.3, -0.25) is 4.79 Å². The van der Waals surface area contributed by atoms with Gasteiger partial charge in [0, 0.05) is 13.0 Å². The molecule has 0 amide bonds. The Balaban J connectivity index is 3.52. The van der Waals surface area contributed by atoms with Crippen molar-refractivity contribution in [1.29, 1.82) is 0 Å². The lowest BCUT2D eigenvalue weighted by molar-refractivity contribution is -0.154. The predicted molar refractivity (Wildman–Crippen MR) is 191 cm³/mol. The molecule has 0 aliphatic carbocycles. The number of hydrogen-bond donors (Lipinski definition) is 1. The summed E-state index contributed by atoms with van der Waals surface area (Å²) in [6, 6.07) is 0. The molecule has 0 aliphatic heterocycles. The first-order chi connectivity index (χ1) is 21.7. The van der Waals surface area contributed by atoms with Gasteiger partial charge >= 0.3 is 5.97 Å². The molecule has 1 atom stereocenters. The first kappa shape index (κ1) is 42.1. The molecule has 0 bridgehead atoms. The minimum absolute atomic E-state index is 0.182. The average Bonchev–Trinajstić information content (AvgIpc) is 3.03. The number of unbranched alkanes of at least 4 members (excludes halogenated alkanes) is 15. The third-order valence-electron chi connectivity index (χ3n) is 7.58. The van der Waals surface area contributed by atoms with Gasteiger partial charge in [0.15, 0.2) is 0 Å². The van der Waals surface area contributed by atoms with Gasteiger partial charge in [-0.15, -0.1) is 0 Å². The van der Waals surface area contributed by atoms with E-state index < -0.39 is 6.10 Å². The number of esters is 1. The summed E-state index contributed by atoms with van der Waals surface area (Å²) < 4.78 is 11.1. The lowest BCUT2D eigenvalue weighted by atomic mass is 10.1. The van der Waals surface area contributed by atoms with Gasteiger partial charge < -0.3 is 14.6 Å². The molecule has 0 spiro atoms. The maximum absolute atomic E-state index is 12.1. The number of carbonyl (C=O) groups excluding carboxylic acids is 1. The van der Waals surface area contributed by atoms with Crippen LogP contribution in [-0.4, -0.2) is 37.0 Å². The van der Waals surface area contributed by atoms with Gasteiger partial charge in [0.05, 0.1) is 13.2 Å². The van der Waals surface area contributed by atoms with Crippen LogP contribution in [0.15, 0.2) is 60.8 Å². The molecule has 1 N–H and O–H groups in total. The largest absolute Gasteiger partial charge is 0.457 e. The molecule has 0 aromatic rings. The van der Waals surface area contributed by atoms with Crippen LogP contribution in [0, 0.1) is 0 Å². The van der Waals surface area contributed by atoms with Gasteiger partial charge in [-0.05, 0) is 77.0 Å². The number of aliphatic hydroxyl groups excluding tert-OH is 1. The maximum Gasteiger partial charge on any atom is 0.306 e. The van der Waals surface area contributed by atoms with Crippen molar-refractivity contribution in [2.75, 3.05) is 19.8 Å². The monoisotopic (exact) mass is 615 g/mol. The van der Waals surface area contributed by atoms with Crippen LogP contribution in [0.4, 0.5) is 0 Å². The van der Waals surface area contributed by atoms with E-state index in [-0.39, 0.29) is 19.2 Å². The molecule has 0 aromatic heterocycles. The summed E-state index contributed by atoms with van der Waals surface area (Å²) in [5.41, 5.74) is 0. The maximum atomic E-state index is 12.1. The highest BCUT2D eigenvalue weighted by Crippen LogP contribution is 2.11. The molecule has 254 valence electrons. The van der Waals surface area contributed by atoms with E-state index in [0.29, 0.717) is 13.0 Å². The second-order valence-electron chi connectivity index (χ2n) is 11.9. The Morgan fingerprint density at radius 1 is 0.568 bits per heavy atom. The zero-order valence-electron chi connectivity index (χ0n) is 28.9. The molecule has 0 saturated heterocycles. The predicted octanol–water partition coefficient (Wildman–Crippen LogP) is 11.7. The van der Waals surface area contributed by atoms with Crippen LogP contribution in [-0.2, 0) is 14.3 Å². The first-order valence-corrected chi connectivity index (χ1v) is 18.4. The normalized spacial score (nSPS) is 13.1. The van der Waals surface area contributed by atoms with Crippen molar-refractivity contribution in [2.24, 2.45) is 0 Å². The Hall–Kier alpha value is -1.91. The van der Waals surface area contributed by atoms with Crippen LogP contribution in [0.3, 0.4) is 0 Å². The molecule has 0 radical (unpaired) electrons. The quantitative estimate of drug-likeness (QED) is 0.0454. The number of ether oxygens (including phenoxy) is 2. The number of aliphatic hydroxyl groups is 1. The third-order valence-corrected chi connectivity index (χ3v) is 7.58. The van der Waals surface area contributed by atoms with Crippen molar-refractivity contribution in [1.82, 2.24) is 0 Å². The van der Waals surface area contributed by atoms with Crippen molar-refractivity contribution in [3.05, 3.63) is 60.8 Å². The highest BCUT2D eigenvalue weighted by molar-refractivity contribution is 5.69. The fourth-order valence-electron chi connectivity index (χ4n) is 4.84. The van der Waals surface area contributed by atoms with Gasteiger partial charge in [-0.2, -0.15) is 0 Å². The smallest absolute Gasteiger partial charge is 0.306 e. The van der Waals surface area contributed by atoms with E-state index in [2.05, 4.69) is 74.6 Å². The zero-order valence-corrected chi connectivity index (χ0v) is 28.9. The molecule has 0 saturated carbocycles. The van der Waals surface area contributed by atoms with Gasteiger partial charge in [0.25, 0.3) is 0 Å². The SMILES string of the molecule is CC/C=C\C/C=C\C/C=C\C/C=C\CCCCCCCCC(=O)OC(CO)COCCCCCCCC/C=C\CCCCC. The summed E-state index contributed by atoms with van der Waals surface area (Å²) in [5, 5.41) is 9.55. The van der Waals surface area contributed by atoms with Gasteiger partial charge in [0.1, 0.15) is 6.10 Å². The third kappa shape index (κ3) is 34.6. The van der Waals surface area contributed by atoms with Crippen molar-refractivity contribution >= 4 is 5.97 Å². The van der Waals surface area contributed by atoms with E-state index in [1.165, 1.54) is 83.5 Å². The molecule has 0 aromatic carbocycles. The summed E-state index contributed by atoms with van der Waals surface area (Å²) in [4.78, 5) is 12.1. The van der Waals surface area contributed by atoms with Crippen LogP contribution >= 0.6 is 0 Å². The van der Waals surface area contributed by atoms with E-state index >= 15 is 0 Å². The van der Waals surface area contributed by atoms with E-state index in [9.17, 15) is 9.90 Å². The summed E-state index contributed by atoms with van der Waals surface area (Å²) in [5.74, 6) is -0.220. The van der Waals surface area contributed by atoms with Gasteiger partial charge in [0.2, 0.25) is 0 Å². The van der Waals surface area contributed by atoms with Crippen LogP contribution in [0.25, 0.3) is 0 Å². The molecule has 0 rings (SSSR count). The fraction of sp³-hybridized carbons (Fsp3) is 0.725. The lowest BCUT2D eigenvalue weighted by Crippen LogP contribution is -2.27. The average molecular weight is 615 g/mol. The van der Waals surface area contributed by atoms with Crippen molar-refractivity contribution in [2.45, 2.75) is 168 Å². The standard InChI is InChI=1S/C40H70O4/c1-3-5-7-9-11-13-15-17-18-19-20-21-22-23-25-27-29-31-33-35-40(42)44-39(37-41)38-43-36-34-32-30-28-26-24-16-14-12-10-8-6-4-2/h5,7,11-14,17-18,20-21,39,41H,3-4,6,8-10,15-16,19,22-38H2,1-2H3/b7-5-,13-11-,14-12-,18-17-,21-20-.